The van der Waals surface area contributed by atoms with Gasteiger partial charge in [0.15, 0.2) is 0 Å². The summed E-state index contributed by atoms with van der Waals surface area (Å²) >= 11 is 1.42. The third-order valence-electron chi connectivity index (χ3n) is 5.12. The van der Waals surface area contributed by atoms with Crippen LogP contribution < -0.4 is 10.2 Å². The van der Waals surface area contributed by atoms with Crippen molar-refractivity contribution in [3.8, 4) is 0 Å². The first-order chi connectivity index (χ1) is 14.0. The number of piperidine rings is 1. The Balaban J connectivity index is 1.73. The van der Waals surface area contributed by atoms with Crippen LogP contribution in [0.5, 0.6) is 0 Å². The highest BCUT2D eigenvalue weighted by molar-refractivity contribution is 7.12. The Morgan fingerprint density at radius 1 is 1.24 bits per heavy atom. The highest BCUT2D eigenvalue weighted by Crippen LogP contribution is 2.22. The third kappa shape index (κ3) is 5.46. The Morgan fingerprint density at radius 2 is 2.00 bits per heavy atom. The Hall–Kier alpha value is -2.64. The molecule has 0 bridgehead atoms. The molecule has 0 saturated carbocycles. The lowest BCUT2D eigenvalue weighted by Gasteiger charge is -2.36. The van der Waals surface area contributed by atoms with Gasteiger partial charge in [-0.15, -0.1) is 11.3 Å². The van der Waals surface area contributed by atoms with Gasteiger partial charge in [-0.05, 0) is 68.7 Å². The van der Waals surface area contributed by atoms with Crippen LogP contribution in [0.4, 0.5) is 11.4 Å². The first-order valence-electron chi connectivity index (χ1n) is 9.80. The number of carbonyl (C=O) groups excluding carboxylic acids is 1. The number of amidine groups is 1. The van der Waals surface area contributed by atoms with Gasteiger partial charge < -0.3 is 15.1 Å². The van der Waals surface area contributed by atoms with Gasteiger partial charge in [-0.1, -0.05) is 12.1 Å². The Kier molecular flexibility index (Phi) is 7.06. The number of carbonyl (C=O) groups is 1. The molecule has 0 atom stereocenters. The predicted molar refractivity (Wildman–Crippen MR) is 122 cm³/mol. The van der Waals surface area contributed by atoms with Crippen LogP contribution in [0.2, 0.25) is 0 Å². The largest absolute Gasteiger partial charge is 0.378 e. The monoisotopic (exact) mass is 411 g/mol. The molecule has 1 aromatic carbocycles. The molecule has 1 amide bonds. The van der Waals surface area contributed by atoms with Gasteiger partial charge in [0.25, 0.3) is 5.91 Å². The fraction of sp³-hybridized carbons (Fsp3) is 0.364. The molecule has 29 heavy (non-hydrogen) atoms. The maximum atomic E-state index is 13.1. The van der Waals surface area contributed by atoms with Crippen molar-refractivity contribution in [2.45, 2.75) is 18.9 Å². The average molecular weight is 412 g/mol. The second kappa shape index (κ2) is 9.71. The molecule has 6 nitrogen and oxygen atoms in total. The van der Waals surface area contributed by atoms with E-state index in [0.29, 0.717) is 4.88 Å². The molecule has 0 aliphatic carbocycles. The van der Waals surface area contributed by atoms with E-state index in [0.717, 1.165) is 37.3 Å². The van der Waals surface area contributed by atoms with Gasteiger partial charge in [0.05, 0.1) is 4.88 Å². The number of rotatable bonds is 6. The maximum Gasteiger partial charge on any atom is 0.269 e. The van der Waals surface area contributed by atoms with Crippen molar-refractivity contribution in [1.82, 2.24) is 9.80 Å². The molecule has 1 aliphatic heterocycles. The maximum absolute atomic E-state index is 13.1. The van der Waals surface area contributed by atoms with Gasteiger partial charge >= 0.3 is 0 Å². The van der Waals surface area contributed by atoms with Gasteiger partial charge in [0.2, 0.25) is 0 Å². The van der Waals surface area contributed by atoms with Crippen LogP contribution in [0.1, 0.15) is 22.5 Å². The number of hydrogen-bond acceptors (Lipinski definition) is 6. The molecule has 1 aromatic heterocycles. The number of benzene rings is 1. The lowest BCUT2D eigenvalue weighted by Crippen LogP contribution is -2.48. The van der Waals surface area contributed by atoms with E-state index in [1.54, 1.807) is 17.2 Å². The summed E-state index contributed by atoms with van der Waals surface area (Å²) < 4.78 is 0. The Morgan fingerprint density at radius 3 is 2.66 bits per heavy atom. The van der Waals surface area contributed by atoms with E-state index in [1.807, 2.05) is 60.8 Å². The third-order valence-corrected chi connectivity index (χ3v) is 5.98. The van der Waals surface area contributed by atoms with Crippen molar-refractivity contribution in [2.24, 2.45) is 0 Å². The van der Waals surface area contributed by atoms with Crippen LogP contribution in [0.15, 0.2) is 54.1 Å². The summed E-state index contributed by atoms with van der Waals surface area (Å²) in [4.78, 5) is 19.7. The second-order valence-corrected chi connectivity index (χ2v) is 8.44. The lowest BCUT2D eigenvalue weighted by molar-refractivity contribution is 0.0753. The van der Waals surface area contributed by atoms with Crippen LogP contribution in [0.3, 0.4) is 0 Å². The normalized spacial score (nSPS) is 15.4. The summed E-state index contributed by atoms with van der Waals surface area (Å²) in [7, 11) is 6.10. The summed E-state index contributed by atoms with van der Waals surface area (Å²) in [6, 6.07) is 11.8. The molecule has 1 fully saturated rings. The van der Waals surface area contributed by atoms with Crippen molar-refractivity contribution in [2.75, 3.05) is 44.4 Å². The molecule has 0 radical (unpaired) electrons. The zero-order valence-electron chi connectivity index (χ0n) is 17.3. The number of hydrogen-bond donors (Lipinski definition) is 2. The van der Waals surface area contributed by atoms with Gasteiger partial charge in [0, 0.05) is 37.7 Å². The fourth-order valence-corrected chi connectivity index (χ4v) is 4.08. The van der Waals surface area contributed by atoms with Crippen LogP contribution >= 0.6 is 11.3 Å². The number of anilines is 2. The minimum absolute atomic E-state index is 0.0509. The molecule has 0 spiro atoms. The van der Waals surface area contributed by atoms with Crippen LogP contribution in [0.25, 0.3) is 0 Å². The van der Waals surface area contributed by atoms with Crippen molar-refractivity contribution in [3.63, 3.8) is 0 Å². The minimum Gasteiger partial charge on any atom is -0.378 e. The first kappa shape index (κ1) is 21.1. The number of nitrogens with zero attached hydrogens (tertiary/aromatic N) is 3. The average Bonchev–Trinajstić information content (AvgIpc) is 3.25. The molecule has 3 rings (SSSR count). The SMILES string of the molecule is CN1CCC(N(C(=N)/C=C\Nc2cccc(N(C)C)c2)C(=O)c2cccs2)CC1. The van der Waals surface area contributed by atoms with Crippen molar-refractivity contribution in [1.29, 1.82) is 5.41 Å². The Bertz CT molecular complexity index is 854. The molecule has 2 N–H and O–H groups in total. The molecule has 1 aliphatic rings. The molecular formula is C22H29N5OS. The lowest BCUT2D eigenvalue weighted by atomic mass is 10.0. The predicted octanol–water partition coefficient (Wildman–Crippen LogP) is 3.95. The van der Waals surface area contributed by atoms with E-state index >= 15 is 0 Å². The van der Waals surface area contributed by atoms with Gasteiger partial charge in [-0.25, -0.2) is 0 Å². The van der Waals surface area contributed by atoms with Crippen LogP contribution in [0, 0.1) is 5.41 Å². The van der Waals surface area contributed by atoms with Crippen molar-refractivity contribution < 1.29 is 4.79 Å². The van der Waals surface area contributed by atoms with E-state index in [2.05, 4.69) is 17.3 Å². The standard InChI is InChI=1S/C22H29N5OS/c1-25(2)19-7-4-6-17(16-19)24-12-9-21(23)27(18-10-13-26(3)14-11-18)22(28)20-8-5-15-29-20/h4-9,12,15-16,18,23-24H,10-11,13-14H2,1-3H3/b12-9-,23-21?. The number of amides is 1. The van der Waals surface area contributed by atoms with Gasteiger partial charge in [0.1, 0.15) is 5.84 Å². The van der Waals surface area contributed by atoms with E-state index in [1.165, 1.54) is 11.3 Å². The van der Waals surface area contributed by atoms with Gasteiger partial charge in [-0.3, -0.25) is 15.1 Å². The smallest absolute Gasteiger partial charge is 0.269 e. The first-order valence-corrected chi connectivity index (χ1v) is 10.7. The van der Waals surface area contributed by atoms with E-state index in [-0.39, 0.29) is 17.8 Å². The molecular weight excluding hydrogens is 382 g/mol. The molecule has 1 saturated heterocycles. The molecule has 2 aromatic rings. The second-order valence-electron chi connectivity index (χ2n) is 7.49. The Labute approximate surface area is 176 Å². The van der Waals surface area contributed by atoms with Crippen LogP contribution in [-0.2, 0) is 0 Å². The van der Waals surface area contributed by atoms with Crippen molar-refractivity contribution >= 4 is 34.5 Å². The summed E-state index contributed by atoms with van der Waals surface area (Å²) in [5, 5.41) is 13.7. The minimum atomic E-state index is -0.0844. The quantitative estimate of drug-likeness (QED) is 0.558. The zero-order chi connectivity index (χ0) is 20.8. The zero-order valence-corrected chi connectivity index (χ0v) is 18.1. The van der Waals surface area contributed by atoms with E-state index < -0.39 is 0 Å². The van der Waals surface area contributed by atoms with Gasteiger partial charge in [-0.2, -0.15) is 0 Å². The number of likely N-dealkylation sites (tertiary alicyclic amines) is 1. The fourth-order valence-electron chi connectivity index (χ4n) is 3.42. The summed E-state index contributed by atoms with van der Waals surface area (Å²) in [5.74, 6) is 0.132. The number of nitrogens with one attached hydrogen (secondary N) is 2. The summed E-state index contributed by atoms with van der Waals surface area (Å²) in [6.45, 7) is 1.87. The topological polar surface area (TPSA) is 62.7 Å². The van der Waals surface area contributed by atoms with Crippen molar-refractivity contribution in [3.05, 3.63) is 58.9 Å². The van der Waals surface area contributed by atoms with E-state index in [9.17, 15) is 4.79 Å². The highest BCUT2D eigenvalue weighted by Gasteiger charge is 2.30. The molecule has 154 valence electrons. The number of thiophene rings is 1. The van der Waals surface area contributed by atoms with Crippen LogP contribution in [-0.4, -0.2) is 61.8 Å². The van der Waals surface area contributed by atoms with E-state index in [4.69, 9.17) is 5.41 Å². The highest BCUT2D eigenvalue weighted by atomic mass is 32.1. The molecule has 0 unspecified atom stereocenters. The molecule has 2 heterocycles. The summed E-state index contributed by atoms with van der Waals surface area (Å²) in [6.07, 6.45) is 5.16. The molecule has 7 heteroatoms. The summed E-state index contributed by atoms with van der Waals surface area (Å²) in [5.41, 5.74) is 2.04.